The Morgan fingerprint density at radius 2 is 2.11 bits per heavy atom. The predicted octanol–water partition coefficient (Wildman–Crippen LogP) is 3.21. The van der Waals surface area contributed by atoms with E-state index in [0.29, 0.717) is 16.6 Å². The first-order valence-corrected chi connectivity index (χ1v) is 6.30. The molecule has 0 saturated carbocycles. The van der Waals surface area contributed by atoms with E-state index in [9.17, 15) is 0 Å². The van der Waals surface area contributed by atoms with Gasteiger partial charge in [-0.05, 0) is 24.1 Å². The molecule has 0 bridgehead atoms. The van der Waals surface area contributed by atoms with E-state index in [-0.39, 0.29) is 5.92 Å². The molecule has 2 N–H and O–H groups in total. The van der Waals surface area contributed by atoms with Gasteiger partial charge in [0.25, 0.3) is 0 Å². The number of aromatic nitrogens is 2. The summed E-state index contributed by atoms with van der Waals surface area (Å²) in [6.07, 6.45) is 1.55. The smallest absolute Gasteiger partial charge is 0.229 e. The normalized spacial score (nSPS) is 11.1. The number of hydrogen-bond acceptors (Lipinski definition) is 4. The van der Waals surface area contributed by atoms with Crippen LogP contribution in [0.2, 0.25) is 5.02 Å². The Morgan fingerprint density at radius 3 is 2.72 bits per heavy atom. The Morgan fingerprint density at radius 1 is 1.33 bits per heavy atom. The molecule has 1 aromatic carbocycles. The standard InChI is InChI=1S/C13H16ClN3O/c1-8(2)13-16-12(17-18-13)6-4-9-3-5-10(14)11(15)7-9/h3,5,7-8H,4,6,15H2,1-2H3. The van der Waals surface area contributed by atoms with Gasteiger partial charge in [-0.25, -0.2) is 0 Å². The van der Waals surface area contributed by atoms with Gasteiger partial charge in [-0.1, -0.05) is 36.7 Å². The summed E-state index contributed by atoms with van der Waals surface area (Å²) in [7, 11) is 0. The van der Waals surface area contributed by atoms with Gasteiger partial charge >= 0.3 is 0 Å². The fraction of sp³-hybridized carbons (Fsp3) is 0.385. The summed E-state index contributed by atoms with van der Waals surface area (Å²) in [5.74, 6) is 1.67. The molecule has 1 aromatic heterocycles. The highest BCUT2D eigenvalue weighted by molar-refractivity contribution is 6.33. The summed E-state index contributed by atoms with van der Waals surface area (Å²) in [5.41, 5.74) is 7.47. The van der Waals surface area contributed by atoms with E-state index in [4.69, 9.17) is 21.9 Å². The average molecular weight is 266 g/mol. The van der Waals surface area contributed by atoms with Crippen molar-refractivity contribution in [3.63, 3.8) is 0 Å². The highest BCUT2D eigenvalue weighted by Crippen LogP contribution is 2.20. The van der Waals surface area contributed by atoms with E-state index >= 15 is 0 Å². The van der Waals surface area contributed by atoms with E-state index < -0.39 is 0 Å². The van der Waals surface area contributed by atoms with Gasteiger partial charge in [0, 0.05) is 12.3 Å². The highest BCUT2D eigenvalue weighted by atomic mass is 35.5. The third-order valence-corrected chi connectivity index (χ3v) is 3.02. The molecular weight excluding hydrogens is 250 g/mol. The number of benzene rings is 1. The fourth-order valence-corrected chi connectivity index (χ4v) is 1.73. The molecule has 0 atom stereocenters. The molecule has 0 aliphatic carbocycles. The van der Waals surface area contributed by atoms with Crippen LogP contribution >= 0.6 is 11.6 Å². The van der Waals surface area contributed by atoms with Gasteiger partial charge in [0.15, 0.2) is 5.82 Å². The number of nitrogen functional groups attached to an aromatic ring is 1. The largest absolute Gasteiger partial charge is 0.398 e. The Hall–Kier alpha value is -1.55. The van der Waals surface area contributed by atoms with E-state index in [1.165, 1.54) is 0 Å². The fourth-order valence-electron chi connectivity index (χ4n) is 1.61. The second-order valence-corrected chi connectivity index (χ2v) is 4.97. The van der Waals surface area contributed by atoms with Crippen molar-refractivity contribution in [2.24, 2.45) is 0 Å². The summed E-state index contributed by atoms with van der Waals surface area (Å²) in [4.78, 5) is 4.33. The van der Waals surface area contributed by atoms with Gasteiger partial charge < -0.3 is 10.3 Å². The van der Waals surface area contributed by atoms with Gasteiger partial charge in [0.05, 0.1) is 10.7 Å². The van der Waals surface area contributed by atoms with Crippen molar-refractivity contribution in [3.05, 3.63) is 40.5 Å². The number of aryl methyl sites for hydroxylation is 2. The lowest BCUT2D eigenvalue weighted by molar-refractivity contribution is 0.360. The Labute approximate surface area is 111 Å². The van der Waals surface area contributed by atoms with Gasteiger partial charge in [-0.3, -0.25) is 0 Å². The molecule has 0 amide bonds. The minimum absolute atomic E-state index is 0.262. The summed E-state index contributed by atoms with van der Waals surface area (Å²) < 4.78 is 5.15. The van der Waals surface area contributed by atoms with Crippen molar-refractivity contribution in [2.75, 3.05) is 5.73 Å². The van der Waals surface area contributed by atoms with Crippen LogP contribution < -0.4 is 5.73 Å². The van der Waals surface area contributed by atoms with Crippen LogP contribution in [0.1, 0.15) is 37.0 Å². The Balaban J connectivity index is 2.00. The summed E-state index contributed by atoms with van der Waals surface area (Å²) in [5, 5.41) is 4.53. The molecule has 2 aromatic rings. The van der Waals surface area contributed by atoms with Crippen LogP contribution in [0.15, 0.2) is 22.7 Å². The molecule has 0 aliphatic rings. The first kappa shape index (κ1) is 12.9. The number of nitrogens with two attached hydrogens (primary N) is 1. The second-order valence-electron chi connectivity index (χ2n) is 4.56. The van der Waals surface area contributed by atoms with Crippen LogP contribution in [0, 0.1) is 0 Å². The van der Waals surface area contributed by atoms with Crippen molar-refractivity contribution in [2.45, 2.75) is 32.6 Å². The van der Waals surface area contributed by atoms with Gasteiger partial charge in [0.1, 0.15) is 0 Å². The zero-order valence-corrected chi connectivity index (χ0v) is 11.2. The number of halogens is 1. The topological polar surface area (TPSA) is 64.9 Å². The predicted molar refractivity (Wildman–Crippen MR) is 71.7 cm³/mol. The van der Waals surface area contributed by atoms with Crippen LogP contribution in [0.4, 0.5) is 5.69 Å². The molecule has 0 unspecified atom stereocenters. The lowest BCUT2D eigenvalue weighted by Gasteiger charge is -2.02. The molecule has 1 heterocycles. The van der Waals surface area contributed by atoms with E-state index in [2.05, 4.69) is 10.1 Å². The van der Waals surface area contributed by atoms with Crippen LogP contribution in [-0.2, 0) is 12.8 Å². The van der Waals surface area contributed by atoms with Crippen molar-refractivity contribution in [3.8, 4) is 0 Å². The SMILES string of the molecule is CC(C)c1nc(CCc2ccc(Cl)c(N)c2)no1. The number of anilines is 1. The molecule has 96 valence electrons. The zero-order valence-electron chi connectivity index (χ0n) is 10.5. The molecule has 0 aliphatic heterocycles. The summed E-state index contributed by atoms with van der Waals surface area (Å²) in [6.45, 7) is 4.05. The minimum Gasteiger partial charge on any atom is -0.398 e. The first-order valence-electron chi connectivity index (χ1n) is 5.92. The molecule has 0 fully saturated rings. The summed E-state index contributed by atoms with van der Waals surface area (Å²) in [6, 6.07) is 5.65. The van der Waals surface area contributed by atoms with Crippen molar-refractivity contribution >= 4 is 17.3 Å². The van der Waals surface area contributed by atoms with Gasteiger partial charge in [-0.2, -0.15) is 4.98 Å². The number of hydrogen-bond donors (Lipinski definition) is 1. The molecule has 0 spiro atoms. The van der Waals surface area contributed by atoms with E-state index in [1.807, 2.05) is 32.0 Å². The van der Waals surface area contributed by atoms with Crippen molar-refractivity contribution < 1.29 is 4.52 Å². The molecule has 0 radical (unpaired) electrons. The maximum Gasteiger partial charge on any atom is 0.229 e. The Bertz CT molecular complexity index is 537. The second kappa shape index (κ2) is 5.40. The highest BCUT2D eigenvalue weighted by Gasteiger charge is 2.09. The monoisotopic (exact) mass is 265 g/mol. The third-order valence-electron chi connectivity index (χ3n) is 2.68. The molecule has 4 nitrogen and oxygen atoms in total. The lowest BCUT2D eigenvalue weighted by Crippen LogP contribution is -1.96. The van der Waals surface area contributed by atoms with Crippen LogP contribution in [0.25, 0.3) is 0 Å². The first-order chi connectivity index (χ1) is 8.56. The van der Waals surface area contributed by atoms with Crippen LogP contribution in [0.3, 0.4) is 0 Å². The van der Waals surface area contributed by atoms with Crippen molar-refractivity contribution in [1.82, 2.24) is 10.1 Å². The van der Waals surface area contributed by atoms with Crippen LogP contribution in [0.5, 0.6) is 0 Å². The maximum absolute atomic E-state index is 5.87. The van der Waals surface area contributed by atoms with Crippen molar-refractivity contribution in [1.29, 1.82) is 0 Å². The molecule has 2 rings (SSSR count). The van der Waals surface area contributed by atoms with E-state index in [1.54, 1.807) is 0 Å². The van der Waals surface area contributed by atoms with Gasteiger partial charge in [-0.15, -0.1) is 0 Å². The molecule has 18 heavy (non-hydrogen) atoms. The quantitative estimate of drug-likeness (QED) is 0.862. The number of rotatable bonds is 4. The average Bonchev–Trinajstić information content (AvgIpc) is 2.79. The molecular formula is C13H16ClN3O. The summed E-state index contributed by atoms with van der Waals surface area (Å²) >= 11 is 5.87. The molecule has 5 heteroatoms. The zero-order chi connectivity index (χ0) is 13.1. The third kappa shape index (κ3) is 3.01. The lowest BCUT2D eigenvalue weighted by atomic mass is 10.1. The van der Waals surface area contributed by atoms with Gasteiger partial charge in [0.2, 0.25) is 5.89 Å². The van der Waals surface area contributed by atoms with E-state index in [0.717, 1.165) is 24.2 Å². The Kier molecular flexibility index (Phi) is 3.87. The minimum atomic E-state index is 0.262. The molecule has 0 saturated heterocycles. The number of nitrogens with zero attached hydrogens (tertiary/aromatic N) is 2. The maximum atomic E-state index is 5.87. The van der Waals surface area contributed by atoms with Crippen LogP contribution in [-0.4, -0.2) is 10.1 Å².